The second-order valence-electron chi connectivity index (χ2n) is 2.46. The van der Waals surface area contributed by atoms with Crippen LogP contribution in [0, 0.1) is 0 Å². The van der Waals surface area contributed by atoms with Gasteiger partial charge in [-0.05, 0) is 6.07 Å². The molecule has 0 amide bonds. The first-order valence-corrected chi connectivity index (χ1v) is 3.75. The topological polar surface area (TPSA) is 46.5 Å². The SMILES string of the molecule is O=C1OC(O)c2cccc(Cl)c21. The second kappa shape index (κ2) is 2.47. The number of carbonyl (C=O) groups is 1. The van der Waals surface area contributed by atoms with Crippen molar-refractivity contribution in [2.24, 2.45) is 0 Å². The molecule has 1 unspecified atom stereocenters. The average Bonchev–Trinajstić information content (AvgIpc) is 2.29. The Morgan fingerprint density at radius 1 is 1.50 bits per heavy atom. The zero-order chi connectivity index (χ0) is 8.72. The summed E-state index contributed by atoms with van der Waals surface area (Å²) < 4.78 is 4.54. The summed E-state index contributed by atoms with van der Waals surface area (Å²) in [4.78, 5) is 11.0. The number of aliphatic hydroxyl groups excluding tert-OH is 1. The molecule has 12 heavy (non-hydrogen) atoms. The van der Waals surface area contributed by atoms with E-state index in [0.717, 1.165) is 0 Å². The van der Waals surface area contributed by atoms with Gasteiger partial charge in [0.05, 0.1) is 10.6 Å². The Balaban J connectivity index is 2.67. The Morgan fingerprint density at radius 3 is 2.92 bits per heavy atom. The van der Waals surface area contributed by atoms with E-state index < -0.39 is 12.3 Å². The third-order valence-electron chi connectivity index (χ3n) is 1.73. The fourth-order valence-corrected chi connectivity index (χ4v) is 1.44. The molecular formula is C8H5ClO3. The van der Waals surface area contributed by atoms with Gasteiger partial charge in [0.15, 0.2) is 0 Å². The van der Waals surface area contributed by atoms with E-state index in [9.17, 15) is 9.90 Å². The zero-order valence-electron chi connectivity index (χ0n) is 5.95. The molecule has 1 N–H and O–H groups in total. The van der Waals surface area contributed by atoms with E-state index in [-0.39, 0.29) is 5.56 Å². The van der Waals surface area contributed by atoms with Crippen LogP contribution in [0.5, 0.6) is 0 Å². The molecular weight excluding hydrogens is 180 g/mol. The van der Waals surface area contributed by atoms with E-state index in [2.05, 4.69) is 4.74 Å². The number of benzene rings is 1. The minimum atomic E-state index is -1.16. The molecule has 0 spiro atoms. The first-order chi connectivity index (χ1) is 5.70. The number of halogens is 1. The molecule has 1 aliphatic heterocycles. The predicted octanol–water partition coefficient (Wildman–Crippen LogP) is 1.50. The summed E-state index contributed by atoms with van der Waals surface area (Å²) in [6.45, 7) is 0. The fraction of sp³-hybridized carbons (Fsp3) is 0.125. The number of rotatable bonds is 0. The van der Waals surface area contributed by atoms with Gasteiger partial charge in [0.2, 0.25) is 6.29 Å². The van der Waals surface area contributed by atoms with Gasteiger partial charge in [0.1, 0.15) is 0 Å². The lowest BCUT2D eigenvalue weighted by molar-refractivity contribution is -0.0547. The van der Waals surface area contributed by atoms with E-state index in [1.165, 1.54) is 0 Å². The van der Waals surface area contributed by atoms with Gasteiger partial charge in [0.25, 0.3) is 0 Å². The van der Waals surface area contributed by atoms with Crippen molar-refractivity contribution in [1.82, 2.24) is 0 Å². The first kappa shape index (κ1) is 7.58. The van der Waals surface area contributed by atoms with E-state index in [1.54, 1.807) is 18.2 Å². The molecule has 1 atom stereocenters. The Morgan fingerprint density at radius 2 is 2.25 bits per heavy atom. The monoisotopic (exact) mass is 184 g/mol. The smallest absolute Gasteiger partial charge is 0.342 e. The molecule has 0 radical (unpaired) electrons. The highest BCUT2D eigenvalue weighted by Crippen LogP contribution is 2.32. The number of hydrogen-bond donors (Lipinski definition) is 1. The molecule has 0 bridgehead atoms. The molecule has 0 aromatic heterocycles. The van der Waals surface area contributed by atoms with Gasteiger partial charge in [-0.25, -0.2) is 4.79 Å². The number of hydrogen-bond acceptors (Lipinski definition) is 3. The average molecular weight is 185 g/mol. The Hall–Kier alpha value is -1.06. The van der Waals surface area contributed by atoms with E-state index in [1.807, 2.05) is 0 Å². The lowest BCUT2D eigenvalue weighted by Gasteiger charge is -1.99. The molecule has 4 heteroatoms. The van der Waals surface area contributed by atoms with Crippen molar-refractivity contribution < 1.29 is 14.6 Å². The maximum Gasteiger partial charge on any atom is 0.342 e. The lowest BCUT2D eigenvalue weighted by atomic mass is 10.1. The van der Waals surface area contributed by atoms with Gasteiger partial charge < -0.3 is 9.84 Å². The standard InChI is InChI=1S/C8H5ClO3/c9-5-3-1-2-4-6(5)8(11)12-7(4)10/h1-3,7,10H. The summed E-state index contributed by atoms with van der Waals surface area (Å²) in [6, 6.07) is 4.85. The van der Waals surface area contributed by atoms with Crippen LogP contribution in [0.15, 0.2) is 18.2 Å². The van der Waals surface area contributed by atoms with Crippen LogP contribution >= 0.6 is 11.6 Å². The molecule has 0 fully saturated rings. The number of cyclic esters (lactones) is 1. The van der Waals surface area contributed by atoms with E-state index >= 15 is 0 Å². The van der Waals surface area contributed by atoms with Crippen molar-refractivity contribution in [1.29, 1.82) is 0 Å². The quantitative estimate of drug-likeness (QED) is 0.622. The van der Waals surface area contributed by atoms with Crippen LogP contribution in [0.1, 0.15) is 22.2 Å². The molecule has 1 aromatic rings. The third-order valence-corrected chi connectivity index (χ3v) is 2.05. The highest BCUT2D eigenvalue weighted by Gasteiger charge is 2.31. The summed E-state index contributed by atoms with van der Waals surface area (Å²) in [7, 11) is 0. The summed E-state index contributed by atoms with van der Waals surface area (Å²) in [5.74, 6) is -0.567. The van der Waals surface area contributed by atoms with Crippen molar-refractivity contribution in [2.75, 3.05) is 0 Å². The molecule has 1 aliphatic rings. The van der Waals surface area contributed by atoms with E-state index in [0.29, 0.717) is 10.6 Å². The Kier molecular flexibility index (Phi) is 1.56. The minimum Gasteiger partial charge on any atom is -0.428 e. The van der Waals surface area contributed by atoms with Gasteiger partial charge in [-0.1, -0.05) is 23.7 Å². The number of fused-ring (bicyclic) bond motifs is 1. The van der Waals surface area contributed by atoms with Crippen molar-refractivity contribution in [3.05, 3.63) is 34.3 Å². The van der Waals surface area contributed by atoms with Crippen molar-refractivity contribution >= 4 is 17.6 Å². The minimum absolute atomic E-state index is 0.270. The molecule has 1 aromatic carbocycles. The zero-order valence-corrected chi connectivity index (χ0v) is 6.71. The number of carbonyl (C=O) groups excluding carboxylic acids is 1. The highest BCUT2D eigenvalue weighted by molar-refractivity contribution is 6.34. The summed E-state index contributed by atoms with van der Waals surface area (Å²) in [5.41, 5.74) is 0.708. The number of esters is 1. The maximum atomic E-state index is 11.0. The summed E-state index contributed by atoms with van der Waals surface area (Å²) in [5, 5.41) is 9.49. The molecule has 0 aliphatic carbocycles. The van der Waals surface area contributed by atoms with Crippen LogP contribution in [-0.4, -0.2) is 11.1 Å². The van der Waals surface area contributed by atoms with Gasteiger partial charge in [0, 0.05) is 5.56 Å². The molecule has 3 nitrogen and oxygen atoms in total. The van der Waals surface area contributed by atoms with Crippen LogP contribution in [0.2, 0.25) is 5.02 Å². The normalized spacial score (nSPS) is 20.5. The summed E-state index contributed by atoms with van der Waals surface area (Å²) in [6.07, 6.45) is -1.16. The van der Waals surface area contributed by atoms with Crippen LogP contribution in [-0.2, 0) is 4.74 Å². The van der Waals surface area contributed by atoms with Crippen LogP contribution in [0.4, 0.5) is 0 Å². The van der Waals surface area contributed by atoms with E-state index in [4.69, 9.17) is 11.6 Å². The van der Waals surface area contributed by atoms with Gasteiger partial charge in [-0.15, -0.1) is 0 Å². The van der Waals surface area contributed by atoms with Gasteiger partial charge in [-0.3, -0.25) is 0 Å². The first-order valence-electron chi connectivity index (χ1n) is 3.37. The Labute approximate surface area is 73.5 Å². The molecule has 1 heterocycles. The lowest BCUT2D eigenvalue weighted by Crippen LogP contribution is -1.96. The number of ether oxygens (including phenoxy) is 1. The van der Waals surface area contributed by atoms with Crippen molar-refractivity contribution in [2.45, 2.75) is 6.29 Å². The van der Waals surface area contributed by atoms with Crippen molar-refractivity contribution in [3.63, 3.8) is 0 Å². The molecule has 0 saturated heterocycles. The maximum absolute atomic E-state index is 11.0. The van der Waals surface area contributed by atoms with Gasteiger partial charge >= 0.3 is 5.97 Å². The Bertz CT molecular complexity index is 348. The molecule has 62 valence electrons. The molecule has 2 rings (SSSR count). The van der Waals surface area contributed by atoms with Crippen LogP contribution in [0.3, 0.4) is 0 Å². The fourth-order valence-electron chi connectivity index (χ4n) is 1.19. The predicted molar refractivity (Wildman–Crippen MR) is 41.8 cm³/mol. The second-order valence-corrected chi connectivity index (χ2v) is 2.87. The highest BCUT2D eigenvalue weighted by atomic mass is 35.5. The van der Waals surface area contributed by atoms with Crippen molar-refractivity contribution in [3.8, 4) is 0 Å². The summed E-state index contributed by atoms with van der Waals surface area (Å²) >= 11 is 5.72. The molecule has 0 saturated carbocycles. The van der Waals surface area contributed by atoms with Crippen LogP contribution < -0.4 is 0 Å². The third kappa shape index (κ3) is 0.906. The van der Waals surface area contributed by atoms with Gasteiger partial charge in [-0.2, -0.15) is 0 Å². The van der Waals surface area contributed by atoms with Crippen LogP contribution in [0.25, 0.3) is 0 Å². The number of aliphatic hydroxyl groups is 1. The largest absolute Gasteiger partial charge is 0.428 e.